The summed E-state index contributed by atoms with van der Waals surface area (Å²) in [4.78, 5) is 12.8. The van der Waals surface area contributed by atoms with Crippen molar-refractivity contribution >= 4 is 5.97 Å². The predicted octanol–water partition coefficient (Wildman–Crippen LogP) is 8.63. The zero-order valence-corrected chi connectivity index (χ0v) is 21.4. The van der Waals surface area contributed by atoms with Gasteiger partial charge in [0.25, 0.3) is 0 Å². The highest BCUT2D eigenvalue weighted by Gasteiger charge is 2.09. The van der Waals surface area contributed by atoms with E-state index in [1.54, 1.807) is 0 Å². The van der Waals surface area contributed by atoms with Crippen molar-refractivity contribution in [2.24, 2.45) is 5.92 Å². The number of aliphatic carboxylic acids is 1. The zero-order chi connectivity index (χ0) is 23.0. The second-order valence-electron chi connectivity index (χ2n) is 9.82. The van der Waals surface area contributed by atoms with Crippen molar-refractivity contribution in [1.82, 2.24) is 4.90 Å². The van der Waals surface area contributed by atoms with Crippen molar-refractivity contribution in [3.8, 4) is 0 Å². The number of nitrogens with zero attached hydrogens (tertiary/aromatic N) is 1. The first kappa shape index (κ1) is 30.2. The van der Waals surface area contributed by atoms with Crippen molar-refractivity contribution in [2.75, 3.05) is 20.6 Å². The molecule has 0 saturated carbocycles. The van der Waals surface area contributed by atoms with Gasteiger partial charge in [-0.25, -0.2) is 0 Å². The van der Waals surface area contributed by atoms with E-state index in [9.17, 15) is 4.79 Å². The Morgan fingerprint density at radius 2 is 1.19 bits per heavy atom. The summed E-state index contributed by atoms with van der Waals surface area (Å²) in [7, 11) is 4.41. The van der Waals surface area contributed by atoms with Crippen LogP contribution in [0.5, 0.6) is 0 Å². The molecule has 3 nitrogen and oxygen atoms in total. The standard InChI is InChI=1S/C28H55NO2/c1-4-5-6-16-19-22-27(25-26-29(2)3)23-20-17-14-12-10-8-7-9-11-13-15-18-21-24-28(30)31/h9,11,27H,4-8,10,12-26H2,1-3H3,(H,30,31)/b11-9-. The van der Waals surface area contributed by atoms with E-state index >= 15 is 0 Å². The lowest BCUT2D eigenvalue weighted by molar-refractivity contribution is -0.137. The Hall–Kier alpha value is -0.830. The molecule has 1 atom stereocenters. The van der Waals surface area contributed by atoms with Crippen LogP contribution >= 0.6 is 0 Å². The van der Waals surface area contributed by atoms with Gasteiger partial charge in [0, 0.05) is 6.42 Å². The molecule has 0 amide bonds. The van der Waals surface area contributed by atoms with E-state index in [-0.39, 0.29) is 0 Å². The molecule has 0 aromatic rings. The fraction of sp³-hybridized carbons (Fsp3) is 0.893. The van der Waals surface area contributed by atoms with Gasteiger partial charge >= 0.3 is 5.97 Å². The molecule has 3 heteroatoms. The molecular formula is C28H55NO2. The van der Waals surface area contributed by atoms with Crippen molar-refractivity contribution in [3.05, 3.63) is 12.2 Å². The fourth-order valence-corrected chi connectivity index (χ4v) is 4.26. The summed E-state index contributed by atoms with van der Waals surface area (Å²) in [5.41, 5.74) is 0. The molecule has 31 heavy (non-hydrogen) atoms. The van der Waals surface area contributed by atoms with Crippen LogP contribution in [0.4, 0.5) is 0 Å². The molecular weight excluding hydrogens is 382 g/mol. The van der Waals surface area contributed by atoms with E-state index in [2.05, 4.69) is 38.1 Å². The second kappa shape index (κ2) is 23.8. The Bertz CT molecular complexity index is 406. The van der Waals surface area contributed by atoms with Gasteiger partial charge in [0.2, 0.25) is 0 Å². The lowest BCUT2D eigenvalue weighted by atomic mass is 9.91. The normalized spacial score (nSPS) is 12.8. The average Bonchev–Trinajstić information content (AvgIpc) is 2.73. The predicted molar refractivity (Wildman–Crippen MR) is 137 cm³/mol. The summed E-state index contributed by atoms with van der Waals surface area (Å²) < 4.78 is 0. The second-order valence-corrected chi connectivity index (χ2v) is 9.82. The minimum atomic E-state index is -0.669. The van der Waals surface area contributed by atoms with Crippen LogP contribution in [-0.4, -0.2) is 36.6 Å². The minimum Gasteiger partial charge on any atom is -0.481 e. The molecule has 184 valence electrons. The Kier molecular flexibility index (Phi) is 23.2. The smallest absolute Gasteiger partial charge is 0.303 e. The summed E-state index contributed by atoms with van der Waals surface area (Å²) >= 11 is 0. The van der Waals surface area contributed by atoms with Crippen LogP contribution in [0.2, 0.25) is 0 Å². The molecule has 0 bridgehead atoms. The lowest BCUT2D eigenvalue weighted by Gasteiger charge is -2.19. The highest BCUT2D eigenvalue weighted by Crippen LogP contribution is 2.22. The molecule has 0 aromatic heterocycles. The van der Waals surface area contributed by atoms with Crippen LogP contribution in [0, 0.1) is 5.92 Å². The lowest BCUT2D eigenvalue weighted by Crippen LogP contribution is -2.17. The van der Waals surface area contributed by atoms with Gasteiger partial charge in [0.05, 0.1) is 0 Å². The van der Waals surface area contributed by atoms with Crippen molar-refractivity contribution in [3.63, 3.8) is 0 Å². The number of allylic oxidation sites excluding steroid dienone is 2. The van der Waals surface area contributed by atoms with Crippen molar-refractivity contribution in [2.45, 2.75) is 135 Å². The first-order valence-corrected chi connectivity index (χ1v) is 13.6. The highest BCUT2D eigenvalue weighted by molar-refractivity contribution is 5.66. The van der Waals surface area contributed by atoms with E-state index in [0.717, 1.165) is 31.6 Å². The highest BCUT2D eigenvalue weighted by atomic mass is 16.4. The van der Waals surface area contributed by atoms with Gasteiger partial charge in [-0.3, -0.25) is 4.79 Å². The maximum absolute atomic E-state index is 10.4. The summed E-state index contributed by atoms with van der Waals surface area (Å²) in [6, 6.07) is 0. The monoisotopic (exact) mass is 437 g/mol. The maximum Gasteiger partial charge on any atom is 0.303 e. The van der Waals surface area contributed by atoms with Gasteiger partial charge in [-0.15, -0.1) is 0 Å². The van der Waals surface area contributed by atoms with Gasteiger partial charge in [0.1, 0.15) is 0 Å². The van der Waals surface area contributed by atoms with Crippen molar-refractivity contribution < 1.29 is 9.90 Å². The van der Waals surface area contributed by atoms with Crippen LogP contribution in [0.15, 0.2) is 12.2 Å². The van der Waals surface area contributed by atoms with Crippen LogP contribution in [0.3, 0.4) is 0 Å². The van der Waals surface area contributed by atoms with E-state index in [4.69, 9.17) is 5.11 Å². The minimum absolute atomic E-state index is 0.319. The SMILES string of the molecule is CCCCCCCC(CCCCCCCC/C=C\CCCCCC(=O)O)CCN(C)C. The number of carboxylic acid groups (broad SMARTS) is 1. The van der Waals surface area contributed by atoms with E-state index < -0.39 is 5.97 Å². The number of carboxylic acids is 1. The largest absolute Gasteiger partial charge is 0.481 e. The Morgan fingerprint density at radius 3 is 1.71 bits per heavy atom. The molecule has 0 aromatic carbocycles. The molecule has 0 aliphatic heterocycles. The molecule has 0 aliphatic carbocycles. The first-order chi connectivity index (χ1) is 15.1. The van der Waals surface area contributed by atoms with E-state index in [1.807, 2.05) is 0 Å². The number of rotatable bonds is 24. The van der Waals surface area contributed by atoms with E-state index in [0.29, 0.717) is 6.42 Å². The number of carbonyl (C=O) groups is 1. The number of unbranched alkanes of at least 4 members (excludes halogenated alkanes) is 13. The number of hydrogen-bond acceptors (Lipinski definition) is 2. The third kappa shape index (κ3) is 25.3. The number of hydrogen-bond donors (Lipinski definition) is 1. The molecule has 0 saturated heterocycles. The van der Waals surface area contributed by atoms with Gasteiger partial charge in [-0.1, -0.05) is 103 Å². The van der Waals surface area contributed by atoms with Crippen LogP contribution < -0.4 is 0 Å². The Morgan fingerprint density at radius 1 is 0.710 bits per heavy atom. The maximum atomic E-state index is 10.4. The summed E-state index contributed by atoms with van der Waals surface area (Å²) in [5.74, 6) is 0.274. The molecule has 0 rings (SSSR count). The van der Waals surface area contributed by atoms with Gasteiger partial charge in [-0.05, 0) is 65.1 Å². The molecule has 0 aliphatic rings. The summed E-state index contributed by atoms with van der Waals surface area (Å²) in [6.45, 7) is 3.54. The van der Waals surface area contributed by atoms with Crippen LogP contribution in [-0.2, 0) is 4.79 Å². The van der Waals surface area contributed by atoms with E-state index in [1.165, 1.54) is 103 Å². The third-order valence-corrected chi connectivity index (χ3v) is 6.36. The molecule has 1 unspecified atom stereocenters. The van der Waals surface area contributed by atoms with Gasteiger partial charge < -0.3 is 10.0 Å². The Balaban J connectivity index is 3.57. The Labute approximate surface area is 195 Å². The van der Waals surface area contributed by atoms with Gasteiger partial charge in [0.15, 0.2) is 0 Å². The third-order valence-electron chi connectivity index (χ3n) is 6.36. The van der Waals surface area contributed by atoms with Crippen LogP contribution in [0.1, 0.15) is 135 Å². The molecule has 0 fully saturated rings. The topological polar surface area (TPSA) is 40.5 Å². The zero-order valence-electron chi connectivity index (χ0n) is 21.4. The first-order valence-electron chi connectivity index (χ1n) is 13.6. The molecule has 1 N–H and O–H groups in total. The van der Waals surface area contributed by atoms with Crippen LogP contribution in [0.25, 0.3) is 0 Å². The fourth-order valence-electron chi connectivity index (χ4n) is 4.26. The van der Waals surface area contributed by atoms with Gasteiger partial charge in [-0.2, -0.15) is 0 Å². The summed E-state index contributed by atoms with van der Waals surface area (Å²) in [6.07, 6.45) is 29.9. The average molecular weight is 438 g/mol. The van der Waals surface area contributed by atoms with Crippen molar-refractivity contribution in [1.29, 1.82) is 0 Å². The quantitative estimate of drug-likeness (QED) is 0.121. The molecule has 0 radical (unpaired) electrons. The molecule has 0 spiro atoms. The molecule has 0 heterocycles. The summed E-state index contributed by atoms with van der Waals surface area (Å²) in [5, 5.41) is 8.61.